The molecular weight excluding hydrogens is 200 g/mol. The fourth-order valence-electron chi connectivity index (χ4n) is 2.20. The molecule has 1 aromatic rings. The van der Waals surface area contributed by atoms with Gasteiger partial charge in [-0.2, -0.15) is 0 Å². The molecule has 1 aromatic carbocycles. The van der Waals surface area contributed by atoms with E-state index in [9.17, 15) is 5.11 Å². The monoisotopic (exact) mass is 220 g/mol. The maximum Gasteiger partial charge on any atom is 0.0793 e. The maximum absolute atomic E-state index is 9.82. The van der Waals surface area contributed by atoms with E-state index in [4.69, 9.17) is 0 Å². The molecule has 16 heavy (non-hydrogen) atoms. The van der Waals surface area contributed by atoms with Crippen LogP contribution in [0.2, 0.25) is 0 Å². The zero-order valence-electron chi connectivity index (χ0n) is 9.84. The first-order valence-electron chi connectivity index (χ1n) is 5.87. The number of benzene rings is 1. The van der Waals surface area contributed by atoms with Gasteiger partial charge < -0.3 is 10.0 Å². The summed E-state index contributed by atoms with van der Waals surface area (Å²) in [7, 11) is 2.06. The van der Waals surface area contributed by atoms with Gasteiger partial charge in [-0.25, -0.2) is 0 Å². The Morgan fingerprint density at radius 3 is 2.69 bits per heavy atom. The van der Waals surface area contributed by atoms with Crippen molar-refractivity contribution in [2.75, 3.05) is 33.2 Å². The van der Waals surface area contributed by atoms with Gasteiger partial charge in [0, 0.05) is 32.7 Å². The van der Waals surface area contributed by atoms with E-state index in [2.05, 4.69) is 41.1 Å². The van der Waals surface area contributed by atoms with Crippen molar-refractivity contribution in [2.24, 2.45) is 0 Å². The Labute approximate surface area is 97.3 Å². The molecule has 1 aliphatic heterocycles. The second-order valence-electron chi connectivity index (χ2n) is 4.64. The predicted molar refractivity (Wildman–Crippen MR) is 65.2 cm³/mol. The Morgan fingerprint density at radius 2 is 1.94 bits per heavy atom. The second kappa shape index (κ2) is 5.43. The van der Waals surface area contributed by atoms with Gasteiger partial charge in [0.1, 0.15) is 0 Å². The Balaban J connectivity index is 1.94. The van der Waals surface area contributed by atoms with Gasteiger partial charge >= 0.3 is 0 Å². The van der Waals surface area contributed by atoms with Gasteiger partial charge in [-0.15, -0.1) is 0 Å². The fourth-order valence-corrected chi connectivity index (χ4v) is 2.20. The van der Waals surface area contributed by atoms with Crippen LogP contribution in [0.4, 0.5) is 0 Å². The third-order valence-corrected chi connectivity index (χ3v) is 3.04. The van der Waals surface area contributed by atoms with Gasteiger partial charge in [0.2, 0.25) is 0 Å². The molecule has 88 valence electrons. The van der Waals surface area contributed by atoms with Crippen molar-refractivity contribution in [3.63, 3.8) is 0 Å². The van der Waals surface area contributed by atoms with Gasteiger partial charge in [0.15, 0.2) is 0 Å². The average Bonchev–Trinajstić information content (AvgIpc) is 2.41. The second-order valence-corrected chi connectivity index (χ2v) is 4.64. The first-order valence-corrected chi connectivity index (χ1v) is 5.87. The zero-order valence-corrected chi connectivity index (χ0v) is 9.84. The number of aliphatic hydroxyl groups is 1. The van der Waals surface area contributed by atoms with E-state index >= 15 is 0 Å². The molecule has 1 fully saturated rings. The summed E-state index contributed by atoms with van der Waals surface area (Å²) >= 11 is 0. The Kier molecular flexibility index (Phi) is 3.93. The highest BCUT2D eigenvalue weighted by molar-refractivity contribution is 5.14. The summed E-state index contributed by atoms with van der Waals surface area (Å²) in [5.41, 5.74) is 1.32. The SMILES string of the molecule is CN1CCN(Cc2ccccc2)CC(O)C1. The minimum atomic E-state index is -0.226. The maximum atomic E-state index is 9.82. The van der Waals surface area contributed by atoms with Crippen molar-refractivity contribution >= 4 is 0 Å². The van der Waals surface area contributed by atoms with Gasteiger partial charge in [-0.1, -0.05) is 30.3 Å². The van der Waals surface area contributed by atoms with Crippen LogP contribution in [0.25, 0.3) is 0 Å². The van der Waals surface area contributed by atoms with E-state index in [1.807, 2.05) is 6.07 Å². The number of aliphatic hydroxyl groups excluding tert-OH is 1. The molecule has 2 rings (SSSR count). The lowest BCUT2D eigenvalue weighted by Gasteiger charge is -2.21. The lowest BCUT2D eigenvalue weighted by molar-refractivity contribution is 0.113. The number of nitrogens with zero attached hydrogens (tertiary/aromatic N) is 2. The number of rotatable bonds is 2. The Hall–Kier alpha value is -0.900. The normalized spacial score (nSPS) is 24.2. The molecule has 3 nitrogen and oxygen atoms in total. The summed E-state index contributed by atoms with van der Waals surface area (Å²) in [6.07, 6.45) is -0.226. The van der Waals surface area contributed by atoms with E-state index in [0.717, 1.165) is 32.7 Å². The molecule has 0 aromatic heterocycles. The molecule has 0 saturated carbocycles. The predicted octanol–water partition coefficient (Wildman–Crippen LogP) is 0.795. The summed E-state index contributed by atoms with van der Waals surface area (Å²) in [5, 5.41) is 9.82. The van der Waals surface area contributed by atoms with E-state index in [1.54, 1.807) is 0 Å². The number of likely N-dealkylation sites (N-methyl/N-ethyl adjacent to an activating group) is 1. The molecule has 1 unspecified atom stereocenters. The minimum absolute atomic E-state index is 0.226. The highest BCUT2D eigenvalue weighted by Crippen LogP contribution is 2.08. The van der Waals surface area contributed by atoms with Crippen LogP contribution in [0.15, 0.2) is 30.3 Å². The quantitative estimate of drug-likeness (QED) is 0.798. The molecular formula is C13H20N2O. The standard InChI is InChI=1S/C13H20N2O/c1-14-7-8-15(11-13(16)10-14)9-12-5-3-2-4-6-12/h2-6,13,16H,7-11H2,1H3. The van der Waals surface area contributed by atoms with Crippen LogP contribution in [0.1, 0.15) is 5.56 Å². The van der Waals surface area contributed by atoms with Crippen molar-refractivity contribution in [2.45, 2.75) is 12.6 Å². The van der Waals surface area contributed by atoms with Crippen LogP contribution in [0.3, 0.4) is 0 Å². The van der Waals surface area contributed by atoms with E-state index in [1.165, 1.54) is 5.56 Å². The smallest absolute Gasteiger partial charge is 0.0793 e. The van der Waals surface area contributed by atoms with Crippen LogP contribution >= 0.6 is 0 Å². The number of β-amino-alcohol motifs (C(OH)–C–C–N with tert-alkyl or cyclic N) is 1. The molecule has 1 N–H and O–H groups in total. The molecule has 0 amide bonds. The third kappa shape index (κ3) is 3.30. The molecule has 0 radical (unpaired) electrons. The van der Waals surface area contributed by atoms with Crippen molar-refractivity contribution in [3.8, 4) is 0 Å². The van der Waals surface area contributed by atoms with Crippen molar-refractivity contribution in [1.82, 2.24) is 9.80 Å². The molecule has 1 aliphatic rings. The van der Waals surface area contributed by atoms with Gasteiger partial charge in [0.25, 0.3) is 0 Å². The van der Waals surface area contributed by atoms with Crippen molar-refractivity contribution < 1.29 is 5.11 Å². The zero-order chi connectivity index (χ0) is 11.4. The highest BCUT2D eigenvalue weighted by atomic mass is 16.3. The van der Waals surface area contributed by atoms with Crippen LogP contribution in [-0.2, 0) is 6.54 Å². The number of hydrogen-bond donors (Lipinski definition) is 1. The number of hydrogen-bond acceptors (Lipinski definition) is 3. The Bertz CT molecular complexity index is 315. The van der Waals surface area contributed by atoms with E-state index in [0.29, 0.717) is 0 Å². The average molecular weight is 220 g/mol. The molecule has 1 heterocycles. The fraction of sp³-hybridized carbons (Fsp3) is 0.538. The summed E-state index contributed by atoms with van der Waals surface area (Å²) in [4.78, 5) is 4.51. The first-order chi connectivity index (χ1) is 7.74. The Morgan fingerprint density at radius 1 is 1.19 bits per heavy atom. The lowest BCUT2D eigenvalue weighted by atomic mass is 10.2. The molecule has 1 atom stereocenters. The first kappa shape index (κ1) is 11.6. The molecule has 0 bridgehead atoms. The van der Waals surface area contributed by atoms with Crippen LogP contribution in [0, 0.1) is 0 Å². The summed E-state index contributed by atoms with van der Waals surface area (Å²) in [6, 6.07) is 10.4. The van der Waals surface area contributed by atoms with Gasteiger partial charge in [-0.3, -0.25) is 4.90 Å². The van der Waals surface area contributed by atoms with Crippen molar-refractivity contribution in [3.05, 3.63) is 35.9 Å². The third-order valence-electron chi connectivity index (χ3n) is 3.04. The lowest BCUT2D eigenvalue weighted by Crippen LogP contribution is -2.32. The van der Waals surface area contributed by atoms with Gasteiger partial charge in [-0.05, 0) is 12.6 Å². The summed E-state index contributed by atoms with van der Waals surface area (Å²) < 4.78 is 0. The molecule has 3 heteroatoms. The van der Waals surface area contributed by atoms with E-state index < -0.39 is 0 Å². The molecule has 1 saturated heterocycles. The molecule has 0 spiro atoms. The summed E-state index contributed by atoms with van der Waals surface area (Å²) in [6.45, 7) is 4.56. The van der Waals surface area contributed by atoms with Crippen LogP contribution in [-0.4, -0.2) is 54.2 Å². The largest absolute Gasteiger partial charge is 0.390 e. The van der Waals surface area contributed by atoms with E-state index in [-0.39, 0.29) is 6.10 Å². The topological polar surface area (TPSA) is 26.7 Å². The minimum Gasteiger partial charge on any atom is -0.390 e. The van der Waals surface area contributed by atoms with Crippen LogP contribution < -0.4 is 0 Å². The van der Waals surface area contributed by atoms with Crippen LogP contribution in [0.5, 0.6) is 0 Å². The summed E-state index contributed by atoms with van der Waals surface area (Å²) in [5.74, 6) is 0. The van der Waals surface area contributed by atoms with Gasteiger partial charge in [0.05, 0.1) is 6.10 Å². The van der Waals surface area contributed by atoms with Crippen molar-refractivity contribution in [1.29, 1.82) is 0 Å². The molecule has 0 aliphatic carbocycles. The highest BCUT2D eigenvalue weighted by Gasteiger charge is 2.18.